The fraction of sp³-hybridized carbons (Fsp3) is 0.923. The molecule has 17 heavy (non-hydrogen) atoms. The summed E-state index contributed by atoms with van der Waals surface area (Å²) in [5.41, 5.74) is 0. The fourth-order valence-corrected chi connectivity index (χ4v) is 2.69. The maximum Gasteiger partial charge on any atom is 0.317 e. The molecule has 4 heteroatoms. The van der Waals surface area contributed by atoms with Crippen LogP contribution in [-0.2, 0) is 0 Å². The summed E-state index contributed by atoms with van der Waals surface area (Å²) in [4.78, 5) is 13.8. The lowest BCUT2D eigenvalue weighted by Gasteiger charge is -2.24. The molecule has 2 saturated heterocycles. The van der Waals surface area contributed by atoms with E-state index in [9.17, 15) is 4.79 Å². The Morgan fingerprint density at radius 3 is 2.65 bits per heavy atom. The van der Waals surface area contributed by atoms with Crippen molar-refractivity contribution in [2.24, 2.45) is 11.8 Å². The number of carbonyl (C=O) groups excluding carboxylic acids is 1. The average Bonchev–Trinajstić information content (AvgIpc) is 2.70. The van der Waals surface area contributed by atoms with Crippen LogP contribution in [0.2, 0.25) is 0 Å². The molecule has 0 spiro atoms. The highest BCUT2D eigenvalue weighted by Crippen LogP contribution is 2.18. The summed E-state index contributed by atoms with van der Waals surface area (Å²) in [6, 6.07) is 0.480. The SMILES string of the molecule is CC(C)C1CN(CCC2CCNCC2)C(=O)N1. The summed E-state index contributed by atoms with van der Waals surface area (Å²) in [5.74, 6) is 1.34. The van der Waals surface area contributed by atoms with Gasteiger partial charge in [0.05, 0.1) is 6.04 Å². The molecular weight excluding hydrogens is 214 g/mol. The molecular formula is C13H25N3O. The Morgan fingerprint density at radius 1 is 1.35 bits per heavy atom. The third-order valence-corrected chi connectivity index (χ3v) is 4.08. The molecule has 98 valence electrons. The van der Waals surface area contributed by atoms with E-state index in [0.29, 0.717) is 12.0 Å². The van der Waals surface area contributed by atoms with Crippen molar-refractivity contribution in [3.63, 3.8) is 0 Å². The minimum atomic E-state index is 0.137. The summed E-state index contributed by atoms with van der Waals surface area (Å²) >= 11 is 0. The normalized spacial score (nSPS) is 26.6. The first-order chi connectivity index (χ1) is 8.16. The Morgan fingerprint density at radius 2 is 2.06 bits per heavy atom. The molecule has 2 heterocycles. The molecule has 1 atom stereocenters. The van der Waals surface area contributed by atoms with Crippen molar-refractivity contribution >= 4 is 6.03 Å². The predicted octanol–water partition coefficient (Wildman–Crippen LogP) is 1.43. The smallest absolute Gasteiger partial charge is 0.317 e. The molecule has 2 rings (SSSR count). The summed E-state index contributed by atoms with van der Waals surface area (Å²) in [5, 5.41) is 6.45. The van der Waals surface area contributed by atoms with Crippen molar-refractivity contribution in [2.75, 3.05) is 26.2 Å². The van der Waals surface area contributed by atoms with Gasteiger partial charge in [-0.2, -0.15) is 0 Å². The van der Waals surface area contributed by atoms with Crippen molar-refractivity contribution < 1.29 is 4.79 Å². The number of rotatable bonds is 4. The first kappa shape index (κ1) is 12.7. The Hall–Kier alpha value is -0.770. The number of amides is 2. The van der Waals surface area contributed by atoms with Crippen LogP contribution in [0.25, 0.3) is 0 Å². The van der Waals surface area contributed by atoms with Crippen LogP contribution in [0.4, 0.5) is 4.79 Å². The molecule has 0 aromatic carbocycles. The highest BCUT2D eigenvalue weighted by Gasteiger charge is 2.30. The molecule has 2 N–H and O–H groups in total. The monoisotopic (exact) mass is 239 g/mol. The van der Waals surface area contributed by atoms with Crippen LogP contribution in [0.3, 0.4) is 0 Å². The van der Waals surface area contributed by atoms with E-state index in [2.05, 4.69) is 24.5 Å². The van der Waals surface area contributed by atoms with Gasteiger partial charge >= 0.3 is 6.03 Å². The van der Waals surface area contributed by atoms with Crippen molar-refractivity contribution in [1.29, 1.82) is 0 Å². The van der Waals surface area contributed by atoms with Gasteiger partial charge in [-0.05, 0) is 44.2 Å². The number of carbonyl (C=O) groups is 1. The van der Waals surface area contributed by atoms with Gasteiger partial charge in [0, 0.05) is 13.1 Å². The largest absolute Gasteiger partial charge is 0.333 e. The zero-order valence-electron chi connectivity index (χ0n) is 11.0. The van der Waals surface area contributed by atoms with Gasteiger partial charge < -0.3 is 15.5 Å². The Labute approximate surface area is 104 Å². The van der Waals surface area contributed by atoms with Gasteiger partial charge in [-0.3, -0.25) is 0 Å². The summed E-state index contributed by atoms with van der Waals surface area (Å²) in [6.07, 6.45) is 3.70. The Bertz CT molecular complexity index is 261. The summed E-state index contributed by atoms with van der Waals surface area (Å²) in [6.45, 7) is 8.45. The van der Waals surface area contributed by atoms with Crippen molar-refractivity contribution in [1.82, 2.24) is 15.5 Å². The van der Waals surface area contributed by atoms with Gasteiger partial charge in [0.25, 0.3) is 0 Å². The first-order valence-corrected chi connectivity index (χ1v) is 6.93. The van der Waals surface area contributed by atoms with Crippen molar-refractivity contribution in [3.05, 3.63) is 0 Å². The number of piperidine rings is 1. The topological polar surface area (TPSA) is 44.4 Å². The second kappa shape index (κ2) is 5.71. The van der Waals surface area contributed by atoms with Crippen LogP contribution in [-0.4, -0.2) is 43.2 Å². The first-order valence-electron chi connectivity index (χ1n) is 6.93. The van der Waals surface area contributed by atoms with Gasteiger partial charge in [0.1, 0.15) is 0 Å². The fourth-order valence-electron chi connectivity index (χ4n) is 2.69. The van der Waals surface area contributed by atoms with Crippen LogP contribution >= 0.6 is 0 Å². The lowest BCUT2D eigenvalue weighted by Crippen LogP contribution is -2.33. The van der Waals surface area contributed by atoms with E-state index in [-0.39, 0.29) is 6.03 Å². The molecule has 0 radical (unpaired) electrons. The van der Waals surface area contributed by atoms with Gasteiger partial charge in [0.2, 0.25) is 0 Å². The van der Waals surface area contributed by atoms with Crippen LogP contribution in [0.15, 0.2) is 0 Å². The molecule has 0 saturated carbocycles. The molecule has 0 aromatic rings. The summed E-state index contributed by atoms with van der Waals surface area (Å²) < 4.78 is 0. The number of nitrogens with one attached hydrogen (secondary N) is 2. The Kier molecular flexibility index (Phi) is 4.26. The third-order valence-electron chi connectivity index (χ3n) is 4.08. The number of hydrogen-bond acceptors (Lipinski definition) is 2. The average molecular weight is 239 g/mol. The van der Waals surface area contributed by atoms with E-state index in [1.807, 2.05) is 4.90 Å². The van der Waals surface area contributed by atoms with Gasteiger partial charge in [-0.1, -0.05) is 13.8 Å². The molecule has 0 aromatic heterocycles. The van der Waals surface area contributed by atoms with Gasteiger partial charge in [-0.25, -0.2) is 4.79 Å². The second-order valence-corrected chi connectivity index (χ2v) is 5.73. The molecule has 1 unspecified atom stereocenters. The van der Waals surface area contributed by atoms with Crippen LogP contribution in [0, 0.1) is 11.8 Å². The van der Waals surface area contributed by atoms with Crippen molar-refractivity contribution in [2.45, 2.75) is 39.2 Å². The molecule has 2 fully saturated rings. The lowest BCUT2D eigenvalue weighted by atomic mass is 9.94. The number of hydrogen-bond donors (Lipinski definition) is 2. The van der Waals surface area contributed by atoms with E-state index in [1.165, 1.54) is 19.3 Å². The third kappa shape index (κ3) is 3.35. The lowest BCUT2D eigenvalue weighted by molar-refractivity contribution is 0.210. The van der Waals surface area contributed by atoms with E-state index >= 15 is 0 Å². The molecule has 2 aliphatic heterocycles. The zero-order chi connectivity index (χ0) is 12.3. The minimum Gasteiger partial charge on any atom is -0.333 e. The second-order valence-electron chi connectivity index (χ2n) is 5.73. The van der Waals surface area contributed by atoms with Gasteiger partial charge in [0.15, 0.2) is 0 Å². The summed E-state index contributed by atoms with van der Waals surface area (Å²) in [7, 11) is 0. The highest BCUT2D eigenvalue weighted by molar-refractivity contribution is 5.76. The maximum absolute atomic E-state index is 11.8. The van der Waals surface area contributed by atoms with Crippen LogP contribution < -0.4 is 10.6 Å². The molecule has 4 nitrogen and oxygen atoms in total. The standard InChI is InChI=1S/C13H25N3O/c1-10(2)12-9-16(13(17)15-12)8-5-11-3-6-14-7-4-11/h10-12,14H,3-9H2,1-2H3,(H,15,17). The van der Waals surface area contributed by atoms with E-state index < -0.39 is 0 Å². The quantitative estimate of drug-likeness (QED) is 0.779. The van der Waals surface area contributed by atoms with E-state index in [4.69, 9.17) is 0 Å². The number of nitrogens with zero attached hydrogens (tertiary/aromatic N) is 1. The minimum absolute atomic E-state index is 0.137. The number of urea groups is 1. The zero-order valence-corrected chi connectivity index (χ0v) is 11.0. The van der Waals surface area contributed by atoms with Crippen LogP contribution in [0.5, 0.6) is 0 Å². The molecule has 0 bridgehead atoms. The Balaban J connectivity index is 1.73. The van der Waals surface area contributed by atoms with Crippen LogP contribution in [0.1, 0.15) is 33.1 Å². The predicted molar refractivity (Wildman–Crippen MR) is 68.9 cm³/mol. The molecule has 0 aliphatic carbocycles. The molecule has 2 aliphatic rings. The van der Waals surface area contributed by atoms with E-state index in [0.717, 1.165) is 32.1 Å². The maximum atomic E-state index is 11.8. The van der Waals surface area contributed by atoms with Gasteiger partial charge in [-0.15, -0.1) is 0 Å². The van der Waals surface area contributed by atoms with E-state index in [1.54, 1.807) is 0 Å². The highest BCUT2D eigenvalue weighted by atomic mass is 16.2. The molecule has 2 amide bonds. The van der Waals surface area contributed by atoms with Crippen molar-refractivity contribution in [3.8, 4) is 0 Å².